The Bertz CT molecular complexity index is 2030. The molecule has 4 aromatic rings. The number of pyridine rings is 1. The number of phenols is 1. The van der Waals surface area contributed by atoms with Gasteiger partial charge in [-0.2, -0.15) is 9.97 Å². The highest BCUT2D eigenvalue weighted by Crippen LogP contribution is 2.42. The van der Waals surface area contributed by atoms with Crippen LogP contribution in [0.15, 0.2) is 30.5 Å². The number of aromatic nitrogens is 3. The number of alkyl halides is 1. The summed E-state index contributed by atoms with van der Waals surface area (Å²) in [5.41, 5.74) is -0.954. The van der Waals surface area contributed by atoms with Crippen LogP contribution in [0.3, 0.4) is 0 Å². The molecule has 3 fully saturated rings. The summed E-state index contributed by atoms with van der Waals surface area (Å²) in [6.07, 6.45) is 5.16. The second-order valence-electron chi connectivity index (χ2n) is 13.8. The van der Waals surface area contributed by atoms with Crippen LogP contribution in [0.25, 0.3) is 32.9 Å². The van der Waals surface area contributed by atoms with E-state index >= 15 is 4.39 Å². The van der Waals surface area contributed by atoms with Crippen LogP contribution >= 0.6 is 0 Å². The summed E-state index contributed by atoms with van der Waals surface area (Å²) in [6.45, 7) is 5.61. The van der Waals surface area contributed by atoms with Gasteiger partial charge in [-0.15, -0.1) is 0 Å². The zero-order chi connectivity index (χ0) is 34.0. The van der Waals surface area contributed by atoms with Gasteiger partial charge in [-0.1, -0.05) is 13.0 Å². The number of benzene rings is 2. The van der Waals surface area contributed by atoms with E-state index < -0.39 is 38.9 Å². The molecule has 7 rings (SSSR count). The number of hydrogen-bond donors (Lipinski definition) is 2. The van der Waals surface area contributed by atoms with Crippen molar-refractivity contribution in [2.75, 3.05) is 43.9 Å². The first-order chi connectivity index (χ1) is 22.8. The van der Waals surface area contributed by atoms with Crippen LogP contribution in [0.4, 0.5) is 19.0 Å². The number of ether oxygens (including phenoxy) is 1. The summed E-state index contributed by atoms with van der Waals surface area (Å²) in [4.78, 5) is 17.7. The smallest absolute Gasteiger partial charge is 0.319 e. The summed E-state index contributed by atoms with van der Waals surface area (Å²) in [7, 11) is -3.53. The van der Waals surface area contributed by atoms with Gasteiger partial charge >= 0.3 is 6.01 Å². The van der Waals surface area contributed by atoms with E-state index in [0.717, 1.165) is 25.6 Å². The molecule has 0 spiro atoms. The molecular formula is C34H39F3N6O4S. The highest BCUT2D eigenvalue weighted by atomic mass is 32.2. The Morgan fingerprint density at radius 2 is 1.94 bits per heavy atom. The molecule has 5 heterocycles. The molecule has 3 saturated heterocycles. The Hall–Kier alpha value is -3.75. The third-order valence-electron chi connectivity index (χ3n) is 10.1. The van der Waals surface area contributed by atoms with Crippen molar-refractivity contribution >= 4 is 37.5 Å². The molecular weight excluding hydrogens is 645 g/mol. The highest BCUT2D eigenvalue weighted by molar-refractivity contribution is 7.88. The number of anilines is 1. The third-order valence-corrected chi connectivity index (χ3v) is 10.9. The summed E-state index contributed by atoms with van der Waals surface area (Å²) < 4.78 is 79.8. The van der Waals surface area contributed by atoms with Crippen molar-refractivity contribution < 1.29 is 31.4 Å². The van der Waals surface area contributed by atoms with Gasteiger partial charge in [-0.05, 0) is 80.1 Å². The van der Waals surface area contributed by atoms with E-state index in [-0.39, 0.29) is 47.1 Å². The maximum Gasteiger partial charge on any atom is 0.319 e. The molecule has 14 heteroatoms. The molecule has 3 atom stereocenters. The van der Waals surface area contributed by atoms with Crippen LogP contribution < -0.4 is 14.4 Å². The Labute approximate surface area is 277 Å². The van der Waals surface area contributed by atoms with Crippen molar-refractivity contribution in [3.8, 4) is 23.0 Å². The number of rotatable bonds is 8. The average Bonchev–Trinajstić information content (AvgIpc) is 3.54. The normalized spacial score (nSPS) is 24.9. The van der Waals surface area contributed by atoms with Gasteiger partial charge < -0.3 is 14.7 Å². The molecule has 2 aromatic heterocycles. The van der Waals surface area contributed by atoms with Crippen LogP contribution in [0.5, 0.6) is 11.8 Å². The van der Waals surface area contributed by atoms with E-state index in [1.165, 1.54) is 30.5 Å². The zero-order valence-electron chi connectivity index (χ0n) is 27.2. The topological polar surface area (TPSA) is 121 Å². The Balaban J connectivity index is 1.37. The maximum absolute atomic E-state index is 16.9. The molecule has 3 aliphatic heterocycles. The van der Waals surface area contributed by atoms with E-state index in [2.05, 4.69) is 19.6 Å². The summed E-state index contributed by atoms with van der Waals surface area (Å²) >= 11 is 0. The molecule has 0 saturated carbocycles. The van der Waals surface area contributed by atoms with Crippen LogP contribution in [-0.4, -0.2) is 89.7 Å². The first kappa shape index (κ1) is 32.8. The van der Waals surface area contributed by atoms with Gasteiger partial charge in [0.05, 0.1) is 17.2 Å². The molecule has 2 aromatic carbocycles. The minimum Gasteiger partial charge on any atom is -0.508 e. The SMILES string of the molecule is CCc1c(F)ccc2cc(O)cc(-c3ncc4c(N5CCC[C@@](C)(NS(C)(=O)=O)C5)nc(OC[C@@]56CCCN5C[C@H](F)C6)nc4c3F)c12. The number of fused-ring (bicyclic) bond motifs is 3. The predicted molar refractivity (Wildman–Crippen MR) is 178 cm³/mol. The highest BCUT2D eigenvalue weighted by Gasteiger charge is 2.49. The fourth-order valence-corrected chi connectivity index (χ4v) is 9.21. The van der Waals surface area contributed by atoms with Crippen molar-refractivity contribution in [3.63, 3.8) is 0 Å². The van der Waals surface area contributed by atoms with Crippen molar-refractivity contribution in [1.82, 2.24) is 24.6 Å². The zero-order valence-corrected chi connectivity index (χ0v) is 28.0. The monoisotopic (exact) mass is 684 g/mol. The van der Waals surface area contributed by atoms with Gasteiger partial charge in [-0.25, -0.2) is 26.3 Å². The number of aryl methyl sites for hydroxylation is 1. The lowest BCUT2D eigenvalue weighted by Gasteiger charge is -2.41. The van der Waals surface area contributed by atoms with E-state index in [4.69, 9.17) is 9.72 Å². The number of halogens is 3. The maximum atomic E-state index is 16.9. The Kier molecular flexibility index (Phi) is 8.19. The first-order valence-electron chi connectivity index (χ1n) is 16.3. The quantitative estimate of drug-likeness (QED) is 0.256. The molecule has 0 unspecified atom stereocenters. The summed E-state index contributed by atoms with van der Waals surface area (Å²) in [5.74, 6) is -1.06. The Morgan fingerprint density at radius 3 is 2.71 bits per heavy atom. The van der Waals surface area contributed by atoms with Gasteiger partial charge in [0.2, 0.25) is 10.0 Å². The number of nitrogens with one attached hydrogen (secondary N) is 1. The molecule has 48 heavy (non-hydrogen) atoms. The second-order valence-corrected chi connectivity index (χ2v) is 15.6. The standard InChI is InChI=1S/C34H39F3N6O4S/c1-4-23-26(36)8-7-20-13-22(44)14-24(27(20)23)29-28(37)30-25(16-38-29)31(42-11-5-9-33(2,18-42)41-48(3,45)46)40-32(39-30)47-19-34-10-6-12-43(34)17-21(35)15-34/h7-8,13-14,16,21,41,44H,4-6,9-12,15,17-19H2,1-3H3/t21-,33-,34+/m1/s1. The molecule has 10 nitrogen and oxygen atoms in total. The number of sulfonamides is 1. The minimum absolute atomic E-state index is 0.0927. The number of aromatic hydroxyl groups is 1. The average molecular weight is 685 g/mol. The first-order valence-corrected chi connectivity index (χ1v) is 18.2. The van der Waals surface area contributed by atoms with Crippen molar-refractivity contribution in [2.24, 2.45) is 0 Å². The predicted octanol–water partition coefficient (Wildman–Crippen LogP) is 5.25. The fraction of sp³-hybridized carbons (Fsp3) is 0.500. The minimum atomic E-state index is -3.53. The van der Waals surface area contributed by atoms with E-state index in [9.17, 15) is 22.3 Å². The van der Waals surface area contributed by atoms with Crippen molar-refractivity contribution in [2.45, 2.75) is 69.6 Å². The molecule has 0 amide bonds. The van der Waals surface area contributed by atoms with Crippen molar-refractivity contribution in [1.29, 1.82) is 0 Å². The van der Waals surface area contributed by atoms with Gasteiger partial charge in [0.15, 0.2) is 5.82 Å². The number of nitrogens with zero attached hydrogens (tertiary/aromatic N) is 5. The van der Waals surface area contributed by atoms with Crippen LogP contribution in [0, 0.1) is 11.6 Å². The number of phenolic OH excluding ortho intramolecular Hbond substituents is 1. The van der Waals surface area contributed by atoms with Gasteiger partial charge in [0.1, 0.15) is 41.4 Å². The lowest BCUT2D eigenvalue weighted by atomic mass is 9.92. The van der Waals surface area contributed by atoms with Gasteiger partial charge in [0, 0.05) is 43.4 Å². The molecule has 256 valence electrons. The lowest BCUT2D eigenvalue weighted by molar-refractivity contribution is 0.107. The van der Waals surface area contributed by atoms with Crippen LogP contribution in [0.1, 0.15) is 51.5 Å². The molecule has 0 radical (unpaired) electrons. The van der Waals surface area contributed by atoms with Crippen LogP contribution in [0.2, 0.25) is 0 Å². The number of piperidine rings is 1. The molecule has 2 N–H and O–H groups in total. The lowest BCUT2D eigenvalue weighted by Crippen LogP contribution is -2.56. The molecule has 3 aliphatic rings. The largest absolute Gasteiger partial charge is 0.508 e. The molecule has 0 bridgehead atoms. The van der Waals surface area contributed by atoms with E-state index in [0.29, 0.717) is 60.9 Å². The van der Waals surface area contributed by atoms with Crippen LogP contribution in [-0.2, 0) is 16.4 Å². The van der Waals surface area contributed by atoms with Crippen molar-refractivity contribution in [3.05, 3.63) is 47.7 Å². The summed E-state index contributed by atoms with van der Waals surface area (Å²) in [6, 6.07) is 5.63. The fourth-order valence-electron chi connectivity index (χ4n) is 8.15. The van der Waals surface area contributed by atoms with Gasteiger partial charge in [-0.3, -0.25) is 9.88 Å². The number of hydrogen-bond acceptors (Lipinski definition) is 9. The molecule has 0 aliphatic carbocycles. The van der Waals surface area contributed by atoms with Gasteiger partial charge in [0.25, 0.3) is 0 Å². The second kappa shape index (κ2) is 12.0. The Morgan fingerprint density at radius 1 is 1.15 bits per heavy atom. The summed E-state index contributed by atoms with van der Waals surface area (Å²) in [5, 5.41) is 11.8. The van der Waals surface area contributed by atoms with E-state index in [1.54, 1.807) is 6.92 Å². The third kappa shape index (κ3) is 5.91. The van der Waals surface area contributed by atoms with E-state index in [1.807, 2.05) is 11.8 Å².